The second-order valence-electron chi connectivity index (χ2n) is 3.89. The molecular formula is C11H8ClNO3S. The van der Waals surface area contributed by atoms with Crippen LogP contribution in [0.3, 0.4) is 0 Å². The number of fused-ring (bicyclic) bond motifs is 1. The van der Waals surface area contributed by atoms with Gasteiger partial charge in [-0.2, -0.15) is 0 Å². The van der Waals surface area contributed by atoms with Gasteiger partial charge in [0.05, 0.1) is 0 Å². The van der Waals surface area contributed by atoms with Crippen molar-refractivity contribution in [1.82, 2.24) is 0 Å². The summed E-state index contributed by atoms with van der Waals surface area (Å²) in [5, 5.41) is 4.92. The molecule has 6 heteroatoms. The normalized spacial score (nSPS) is 28.6. The highest BCUT2D eigenvalue weighted by molar-refractivity contribution is 7.96. The molecule has 2 aliphatic heterocycles. The molecule has 0 bridgehead atoms. The van der Waals surface area contributed by atoms with Crippen LogP contribution in [-0.2, 0) is 14.7 Å². The summed E-state index contributed by atoms with van der Waals surface area (Å²) in [5.41, 5.74) is 1.16. The van der Waals surface area contributed by atoms with Crippen molar-refractivity contribution in [2.75, 3.05) is 0 Å². The molecule has 0 spiro atoms. The summed E-state index contributed by atoms with van der Waals surface area (Å²) in [6.07, 6.45) is 1.03. The lowest BCUT2D eigenvalue weighted by Gasteiger charge is -2.08. The van der Waals surface area contributed by atoms with E-state index in [9.17, 15) is 8.42 Å². The van der Waals surface area contributed by atoms with Crippen molar-refractivity contribution in [2.24, 2.45) is 5.16 Å². The van der Waals surface area contributed by atoms with E-state index < -0.39 is 21.2 Å². The highest BCUT2D eigenvalue weighted by Gasteiger charge is 2.46. The van der Waals surface area contributed by atoms with E-state index in [0.29, 0.717) is 16.3 Å². The maximum atomic E-state index is 11.8. The summed E-state index contributed by atoms with van der Waals surface area (Å²) >= 11 is 5.78. The third kappa shape index (κ3) is 1.66. The van der Waals surface area contributed by atoms with E-state index in [-0.39, 0.29) is 0 Å². The van der Waals surface area contributed by atoms with E-state index in [1.54, 1.807) is 24.3 Å². The Morgan fingerprint density at radius 1 is 1.24 bits per heavy atom. The summed E-state index contributed by atoms with van der Waals surface area (Å²) < 4.78 is 23.6. The zero-order chi connectivity index (χ0) is 12.0. The van der Waals surface area contributed by atoms with E-state index >= 15 is 0 Å². The monoisotopic (exact) mass is 269 g/mol. The van der Waals surface area contributed by atoms with Crippen molar-refractivity contribution in [1.29, 1.82) is 0 Å². The lowest BCUT2D eigenvalue weighted by molar-refractivity contribution is 0.123. The molecule has 0 radical (unpaired) electrons. The molecule has 3 rings (SSSR count). The molecular weight excluding hydrogens is 262 g/mol. The van der Waals surface area contributed by atoms with Gasteiger partial charge in [0.2, 0.25) is 0 Å². The molecule has 2 heterocycles. The lowest BCUT2D eigenvalue weighted by atomic mass is 10.0. The van der Waals surface area contributed by atoms with Gasteiger partial charge in [-0.15, -0.1) is 0 Å². The first kappa shape index (κ1) is 10.8. The summed E-state index contributed by atoms with van der Waals surface area (Å²) in [6.45, 7) is 0. The first-order valence-electron chi connectivity index (χ1n) is 5.00. The van der Waals surface area contributed by atoms with Crippen LogP contribution in [0.1, 0.15) is 5.56 Å². The Balaban J connectivity index is 2.03. The van der Waals surface area contributed by atoms with Crippen LogP contribution in [0.4, 0.5) is 0 Å². The van der Waals surface area contributed by atoms with E-state index in [0.717, 1.165) is 0 Å². The Kier molecular flexibility index (Phi) is 2.27. The minimum atomic E-state index is -3.30. The van der Waals surface area contributed by atoms with Gasteiger partial charge in [0, 0.05) is 16.0 Å². The van der Waals surface area contributed by atoms with Gasteiger partial charge in [0.15, 0.2) is 21.2 Å². The first-order chi connectivity index (χ1) is 8.08. The maximum Gasteiger partial charge on any atom is 0.184 e. The third-order valence-electron chi connectivity index (χ3n) is 2.79. The predicted molar refractivity (Wildman–Crippen MR) is 64.7 cm³/mol. The molecule has 2 aliphatic rings. The Morgan fingerprint density at radius 2 is 1.94 bits per heavy atom. The van der Waals surface area contributed by atoms with Crippen molar-refractivity contribution < 1.29 is 13.3 Å². The smallest absolute Gasteiger partial charge is 0.184 e. The van der Waals surface area contributed by atoms with Crippen molar-refractivity contribution >= 4 is 27.1 Å². The molecule has 0 N–H and O–H groups in total. The van der Waals surface area contributed by atoms with Gasteiger partial charge in [0.1, 0.15) is 5.71 Å². The molecule has 4 nitrogen and oxygen atoms in total. The summed E-state index contributed by atoms with van der Waals surface area (Å²) in [6, 6.07) is 6.87. The standard InChI is InChI=1S/C11H8ClNO3S/c12-8-3-1-7(2-4-8)10-11-9(16-13-10)5-6-17(11,14)15/h1-6,9,11H/t9-,11+/m0/s1. The molecule has 0 amide bonds. The topological polar surface area (TPSA) is 55.7 Å². The Bertz CT molecular complexity index is 619. The van der Waals surface area contributed by atoms with Gasteiger partial charge in [-0.05, 0) is 18.2 Å². The molecule has 1 aromatic carbocycles. The van der Waals surface area contributed by atoms with Gasteiger partial charge < -0.3 is 4.84 Å². The SMILES string of the molecule is O=S1(=O)C=C[C@@H]2ON=C(c3ccc(Cl)cc3)[C@@H]21. The fourth-order valence-electron chi connectivity index (χ4n) is 1.97. The first-order valence-corrected chi connectivity index (χ1v) is 6.98. The Hall–Kier alpha value is -1.33. The zero-order valence-corrected chi connectivity index (χ0v) is 10.1. The van der Waals surface area contributed by atoms with E-state index in [1.807, 2.05) is 0 Å². The molecule has 2 atom stereocenters. The molecule has 0 fully saturated rings. The number of oxime groups is 1. The maximum absolute atomic E-state index is 11.8. The van der Waals surface area contributed by atoms with Crippen LogP contribution in [0, 0.1) is 0 Å². The highest BCUT2D eigenvalue weighted by Crippen LogP contribution is 2.30. The number of nitrogens with zero attached hydrogens (tertiary/aromatic N) is 1. The fourth-order valence-corrected chi connectivity index (χ4v) is 3.64. The molecule has 0 unspecified atom stereocenters. The minimum absolute atomic E-state index is 0.441. The molecule has 17 heavy (non-hydrogen) atoms. The third-order valence-corrected chi connectivity index (χ3v) is 4.78. The highest BCUT2D eigenvalue weighted by atomic mass is 35.5. The molecule has 0 aromatic heterocycles. The molecule has 0 saturated carbocycles. The van der Waals surface area contributed by atoms with Crippen LogP contribution < -0.4 is 0 Å². The average molecular weight is 270 g/mol. The van der Waals surface area contributed by atoms with Crippen LogP contribution in [0.5, 0.6) is 0 Å². The van der Waals surface area contributed by atoms with Crippen molar-refractivity contribution in [2.45, 2.75) is 11.4 Å². The molecule has 88 valence electrons. The Morgan fingerprint density at radius 3 is 2.65 bits per heavy atom. The van der Waals surface area contributed by atoms with Gasteiger partial charge in [0.25, 0.3) is 0 Å². The number of hydrogen-bond donors (Lipinski definition) is 0. The van der Waals surface area contributed by atoms with Crippen LogP contribution in [0.25, 0.3) is 0 Å². The van der Waals surface area contributed by atoms with Gasteiger partial charge in [-0.3, -0.25) is 0 Å². The molecule has 0 saturated heterocycles. The summed E-state index contributed by atoms with van der Waals surface area (Å²) in [7, 11) is -3.30. The number of sulfone groups is 1. The second kappa shape index (κ2) is 3.58. The van der Waals surface area contributed by atoms with Crippen LogP contribution in [0.2, 0.25) is 5.02 Å². The van der Waals surface area contributed by atoms with E-state index in [2.05, 4.69) is 5.16 Å². The number of hydrogen-bond acceptors (Lipinski definition) is 4. The number of benzene rings is 1. The fraction of sp³-hybridized carbons (Fsp3) is 0.182. The summed E-state index contributed by atoms with van der Waals surface area (Å²) in [5.74, 6) is 0. The van der Waals surface area contributed by atoms with Crippen LogP contribution >= 0.6 is 11.6 Å². The van der Waals surface area contributed by atoms with Crippen LogP contribution in [0.15, 0.2) is 40.9 Å². The van der Waals surface area contributed by atoms with Crippen molar-refractivity contribution in [3.05, 3.63) is 46.3 Å². The average Bonchev–Trinajstić information content (AvgIpc) is 2.83. The van der Waals surface area contributed by atoms with Crippen LogP contribution in [-0.4, -0.2) is 25.5 Å². The summed E-state index contributed by atoms with van der Waals surface area (Å²) in [4.78, 5) is 5.10. The number of halogens is 1. The largest absolute Gasteiger partial charge is 0.386 e. The number of rotatable bonds is 1. The molecule has 1 aromatic rings. The van der Waals surface area contributed by atoms with Gasteiger partial charge in [-0.1, -0.05) is 28.9 Å². The van der Waals surface area contributed by atoms with E-state index in [4.69, 9.17) is 16.4 Å². The predicted octanol–water partition coefficient (Wildman–Crippen LogP) is 1.75. The van der Waals surface area contributed by atoms with Crippen molar-refractivity contribution in [3.63, 3.8) is 0 Å². The lowest BCUT2D eigenvalue weighted by Crippen LogP contribution is -2.31. The second-order valence-corrected chi connectivity index (χ2v) is 6.29. The minimum Gasteiger partial charge on any atom is -0.386 e. The quantitative estimate of drug-likeness (QED) is 0.780. The zero-order valence-electron chi connectivity index (χ0n) is 8.58. The van der Waals surface area contributed by atoms with Gasteiger partial charge in [-0.25, -0.2) is 8.42 Å². The Labute approximate surface area is 103 Å². The van der Waals surface area contributed by atoms with E-state index in [1.165, 1.54) is 11.5 Å². The molecule has 0 aliphatic carbocycles. The van der Waals surface area contributed by atoms with Crippen molar-refractivity contribution in [3.8, 4) is 0 Å². The van der Waals surface area contributed by atoms with Gasteiger partial charge >= 0.3 is 0 Å².